The van der Waals surface area contributed by atoms with Gasteiger partial charge in [-0.15, -0.1) is 0 Å². The molecule has 7 heteroatoms. The second kappa shape index (κ2) is 8.60. The first-order valence-corrected chi connectivity index (χ1v) is 9.72. The minimum atomic E-state index is 0.0418. The lowest BCUT2D eigenvalue weighted by Crippen LogP contribution is -2.48. The highest BCUT2D eigenvalue weighted by Gasteiger charge is 2.24. The van der Waals surface area contributed by atoms with E-state index >= 15 is 0 Å². The predicted octanol–water partition coefficient (Wildman–Crippen LogP) is 1.74. The van der Waals surface area contributed by atoms with E-state index in [2.05, 4.69) is 40.7 Å². The third-order valence-corrected chi connectivity index (χ3v) is 5.14. The number of rotatable bonds is 7. The quantitative estimate of drug-likeness (QED) is 0.755. The minimum Gasteiger partial charge on any atom is -0.336 e. The Morgan fingerprint density at radius 2 is 1.85 bits per heavy atom. The second-order valence-corrected chi connectivity index (χ2v) is 6.88. The van der Waals surface area contributed by atoms with Gasteiger partial charge in [0.1, 0.15) is 5.56 Å². The van der Waals surface area contributed by atoms with Crippen molar-refractivity contribution in [3.8, 4) is 0 Å². The molecule has 1 aliphatic heterocycles. The summed E-state index contributed by atoms with van der Waals surface area (Å²) in [6.45, 7) is 13.9. The molecule has 2 aromatic rings. The molecule has 3 heterocycles. The number of fused-ring (bicyclic) bond motifs is 1. The Morgan fingerprint density at radius 1 is 1.12 bits per heavy atom. The van der Waals surface area contributed by atoms with E-state index in [1.807, 2.05) is 17.3 Å². The van der Waals surface area contributed by atoms with Crippen LogP contribution in [0.1, 0.15) is 43.1 Å². The zero-order valence-corrected chi connectivity index (χ0v) is 16.2. The highest BCUT2D eigenvalue weighted by Crippen LogP contribution is 2.14. The van der Waals surface area contributed by atoms with E-state index in [4.69, 9.17) is 0 Å². The van der Waals surface area contributed by atoms with Crippen molar-refractivity contribution in [2.45, 2.75) is 33.7 Å². The number of piperazine rings is 1. The van der Waals surface area contributed by atoms with Crippen LogP contribution >= 0.6 is 0 Å². The van der Waals surface area contributed by atoms with Crippen LogP contribution in [-0.2, 0) is 6.54 Å². The van der Waals surface area contributed by atoms with Gasteiger partial charge in [-0.25, -0.2) is 9.50 Å². The summed E-state index contributed by atoms with van der Waals surface area (Å²) >= 11 is 0. The lowest BCUT2D eigenvalue weighted by molar-refractivity contribution is 0.0639. The molecule has 1 saturated heterocycles. The Kier molecular flexibility index (Phi) is 6.21. The molecular formula is C19H30N6O. The van der Waals surface area contributed by atoms with Gasteiger partial charge < -0.3 is 4.90 Å². The first-order chi connectivity index (χ1) is 12.7. The largest absolute Gasteiger partial charge is 0.336 e. The number of hydrogen-bond donors (Lipinski definition) is 0. The second-order valence-electron chi connectivity index (χ2n) is 6.88. The van der Waals surface area contributed by atoms with Gasteiger partial charge in [-0.3, -0.25) is 14.6 Å². The van der Waals surface area contributed by atoms with Crippen molar-refractivity contribution in [2.24, 2.45) is 0 Å². The molecule has 26 heavy (non-hydrogen) atoms. The van der Waals surface area contributed by atoms with Gasteiger partial charge >= 0.3 is 0 Å². The van der Waals surface area contributed by atoms with Gasteiger partial charge in [0.2, 0.25) is 0 Å². The van der Waals surface area contributed by atoms with Crippen LogP contribution in [0.3, 0.4) is 0 Å². The molecule has 3 rings (SSSR count). The van der Waals surface area contributed by atoms with Crippen LogP contribution < -0.4 is 0 Å². The average molecular weight is 358 g/mol. The van der Waals surface area contributed by atoms with Crippen molar-refractivity contribution >= 4 is 11.6 Å². The first-order valence-electron chi connectivity index (χ1n) is 9.72. The van der Waals surface area contributed by atoms with Crippen molar-refractivity contribution in [1.82, 2.24) is 29.3 Å². The van der Waals surface area contributed by atoms with Crippen LogP contribution in [0, 0.1) is 0 Å². The molecular weight excluding hydrogens is 328 g/mol. The third kappa shape index (κ3) is 4.04. The maximum Gasteiger partial charge on any atom is 0.259 e. The summed E-state index contributed by atoms with van der Waals surface area (Å²) < 4.78 is 1.74. The van der Waals surface area contributed by atoms with Crippen LogP contribution in [0.5, 0.6) is 0 Å². The SMILES string of the molecule is CCCN1CCN(C(=O)c2cnn3cc(CN(CC)CC)cnc23)CC1. The monoisotopic (exact) mass is 358 g/mol. The van der Waals surface area contributed by atoms with Crippen LogP contribution in [-0.4, -0.2) is 81.0 Å². The number of hydrogen-bond acceptors (Lipinski definition) is 5. The van der Waals surface area contributed by atoms with Crippen LogP contribution in [0.15, 0.2) is 18.6 Å². The van der Waals surface area contributed by atoms with Crippen molar-refractivity contribution in [3.05, 3.63) is 29.7 Å². The summed E-state index contributed by atoms with van der Waals surface area (Å²) in [4.78, 5) is 24.1. The van der Waals surface area contributed by atoms with Crippen LogP contribution in [0.4, 0.5) is 0 Å². The topological polar surface area (TPSA) is 57.0 Å². The van der Waals surface area contributed by atoms with E-state index in [0.717, 1.165) is 64.3 Å². The Balaban J connectivity index is 1.71. The van der Waals surface area contributed by atoms with E-state index in [0.29, 0.717) is 11.2 Å². The van der Waals surface area contributed by atoms with Crippen LogP contribution in [0.2, 0.25) is 0 Å². The lowest BCUT2D eigenvalue weighted by Gasteiger charge is -2.34. The van der Waals surface area contributed by atoms with E-state index in [-0.39, 0.29) is 5.91 Å². The number of carbonyl (C=O) groups excluding carboxylic acids is 1. The molecule has 0 aromatic carbocycles. The van der Waals surface area contributed by atoms with Gasteiger partial charge in [-0.1, -0.05) is 20.8 Å². The molecule has 0 aliphatic carbocycles. The summed E-state index contributed by atoms with van der Waals surface area (Å²) in [5.41, 5.74) is 2.36. The van der Waals surface area contributed by atoms with E-state index in [9.17, 15) is 4.79 Å². The van der Waals surface area contributed by atoms with E-state index in [1.165, 1.54) is 0 Å². The van der Waals surface area contributed by atoms with Gasteiger partial charge in [0.15, 0.2) is 5.65 Å². The minimum absolute atomic E-state index is 0.0418. The zero-order chi connectivity index (χ0) is 18.5. The zero-order valence-electron chi connectivity index (χ0n) is 16.2. The van der Waals surface area contributed by atoms with E-state index < -0.39 is 0 Å². The summed E-state index contributed by atoms with van der Waals surface area (Å²) in [5, 5.41) is 4.38. The molecule has 0 unspecified atom stereocenters. The van der Waals surface area contributed by atoms with Crippen molar-refractivity contribution in [1.29, 1.82) is 0 Å². The number of nitrogens with zero attached hydrogens (tertiary/aromatic N) is 6. The van der Waals surface area contributed by atoms with Crippen molar-refractivity contribution < 1.29 is 4.79 Å². The summed E-state index contributed by atoms with van der Waals surface area (Å²) in [6, 6.07) is 0. The molecule has 0 N–H and O–H groups in total. The molecule has 7 nitrogen and oxygen atoms in total. The Hall–Kier alpha value is -1.99. The molecule has 2 aromatic heterocycles. The van der Waals surface area contributed by atoms with Gasteiger partial charge in [0.05, 0.1) is 6.20 Å². The predicted molar refractivity (Wildman–Crippen MR) is 102 cm³/mol. The standard InChI is InChI=1S/C19H30N6O/c1-4-7-23-8-10-24(11-9-23)19(26)17-13-21-25-15-16(12-20-18(17)25)14-22(5-2)6-3/h12-13,15H,4-11,14H2,1-3H3. The maximum atomic E-state index is 12.9. The van der Waals surface area contributed by atoms with Gasteiger partial charge in [0.25, 0.3) is 5.91 Å². The Labute approximate surface area is 155 Å². The molecule has 1 aliphatic rings. The summed E-state index contributed by atoms with van der Waals surface area (Å²) in [6.07, 6.45) is 6.66. The molecule has 0 bridgehead atoms. The summed E-state index contributed by atoms with van der Waals surface area (Å²) in [5.74, 6) is 0.0418. The fraction of sp³-hybridized carbons (Fsp3) is 0.632. The average Bonchev–Trinajstić information content (AvgIpc) is 3.09. The fourth-order valence-corrected chi connectivity index (χ4v) is 3.51. The normalized spacial score (nSPS) is 15.9. The smallest absolute Gasteiger partial charge is 0.259 e. The summed E-state index contributed by atoms with van der Waals surface area (Å²) in [7, 11) is 0. The maximum absolute atomic E-state index is 12.9. The molecule has 0 radical (unpaired) electrons. The van der Waals surface area contributed by atoms with Crippen molar-refractivity contribution in [2.75, 3.05) is 45.8 Å². The molecule has 0 spiro atoms. The Bertz CT molecular complexity index is 731. The van der Waals surface area contributed by atoms with Gasteiger partial charge in [-0.05, 0) is 26.1 Å². The molecule has 1 amide bonds. The van der Waals surface area contributed by atoms with Gasteiger partial charge in [-0.2, -0.15) is 5.10 Å². The molecule has 1 fully saturated rings. The molecule has 0 atom stereocenters. The number of carbonyl (C=O) groups is 1. The van der Waals surface area contributed by atoms with Crippen molar-refractivity contribution in [3.63, 3.8) is 0 Å². The molecule has 0 saturated carbocycles. The van der Waals surface area contributed by atoms with Crippen LogP contribution in [0.25, 0.3) is 5.65 Å². The highest BCUT2D eigenvalue weighted by atomic mass is 16.2. The number of amides is 1. The Morgan fingerprint density at radius 3 is 2.50 bits per heavy atom. The third-order valence-electron chi connectivity index (χ3n) is 5.14. The lowest BCUT2D eigenvalue weighted by atomic mass is 10.2. The van der Waals surface area contributed by atoms with Gasteiger partial charge in [0, 0.05) is 50.7 Å². The highest BCUT2D eigenvalue weighted by molar-refractivity contribution is 5.99. The number of aromatic nitrogens is 3. The molecule has 142 valence electrons. The first kappa shape index (κ1) is 18.8. The fourth-order valence-electron chi connectivity index (χ4n) is 3.51. The van der Waals surface area contributed by atoms with E-state index in [1.54, 1.807) is 10.7 Å².